The smallest absolute Gasteiger partial charge is 0.252 e. The Bertz CT molecular complexity index is 464. The summed E-state index contributed by atoms with van der Waals surface area (Å²) in [5.41, 5.74) is 0.764. The van der Waals surface area contributed by atoms with Crippen LogP contribution in [0.25, 0.3) is 0 Å². The minimum absolute atomic E-state index is 0.0238. The van der Waals surface area contributed by atoms with Crippen LogP contribution < -0.4 is 5.32 Å². The van der Waals surface area contributed by atoms with E-state index < -0.39 is 0 Å². The van der Waals surface area contributed by atoms with Gasteiger partial charge in [0.1, 0.15) is 0 Å². The van der Waals surface area contributed by atoms with Gasteiger partial charge in [0.15, 0.2) is 0 Å². The van der Waals surface area contributed by atoms with Gasteiger partial charge in [0.25, 0.3) is 5.91 Å². The fraction of sp³-hybridized carbons (Fsp3) is 0.182. The molecule has 0 atom stereocenters. The van der Waals surface area contributed by atoms with E-state index in [9.17, 15) is 4.79 Å². The molecule has 0 aliphatic carbocycles. The van der Waals surface area contributed by atoms with Crippen molar-refractivity contribution in [2.24, 2.45) is 0 Å². The number of rotatable bonds is 4. The number of hydrogen-bond donors (Lipinski definition) is 1. The summed E-state index contributed by atoms with van der Waals surface area (Å²) in [7, 11) is 0. The van der Waals surface area contributed by atoms with Crippen LogP contribution in [0.15, 0.2) is 29.0 Å². The second-order valence-electron chi connectivity index (χ2n) is 3.22. The normalized spacial score (nSPS) is 10.3. The van der Waals surface area contributed by atoms with Gasteiger partial charge in [0, 0.05) is 16.8 Å². The predicted molar refractivity (Wildman–Crippen MR) is 77.4 cm³/mol. The molecule has 1 amide bonds. The summed E-state index contributed by atoms with van der Waals surface area (Å²) >= 11 is 5.54. The monoisotopic (exact) mass is 363 g/mol. The molecule has 0 unspecified atom stereocenters. The van der Waals surface area contributed by atoms with Crippen molar-refractivity contribution in [1.29, 1.82) is 0 Å². The summed E-state index contributed by atoms with van der Waals surface area (Å²) < 4.78 is 1.14. The summed E-state index contributed by atoms with van der Waals surface area (Å²) in [4.78, 5) is 13.0. The van der Waals surface area contributed by atoms with Crippen LogP contribution >= 0.6 is 45.3 Å². The molecule has 0 aromatic carbocycles. The molecule has 5 heteroatoms. The molecule has 0 aliphatic rings. The molecule has 84 valence electrons. The van der Waals surface area contributed by atoms with E-state index in [-0.39, 0.29) is 5.91 Å². The highest BCUT2D eigenvalue weighted by molar-refractivity contribution is 14.1. The second kappa shape index (κ2) is 5.79. The fourth-order valence-electron chi connectivity index (χ4n) is 1.29. The molecule has 2 aromatic rings. The molecule has 2 aromatic heterocycles. The summed E-state index contributed by atoms with van der Waals surface area (Å²) in [6, 6.07) is 6.03. The first-order chi connectivity index (χ1) is 7.75. The Morgan fingerprint density at radius 1 is 1.44 bits per heavy atom. The van der Waals surface area contributed by atoms with E-state index in [0.717, 1.165) is 14.9 Å². The van der Waals surface area contributed by atoms with Gasteiger partial charge in [-0.1, -0.05) is 6.07 Å². The van der Waals surface area contributed by atoms with Gasteiger partial charge in [-0.25, -0.2) is 0 Å². The highest BCUT2D eigenvalue weighted by Crippen LogP contribution is 2.16. The van der Waals surface area contributed by atoms with Crippen molar-refractivity contribution in [3.63, 3.8) is 0 Å². The van der Waals surface area contributed by atoms with Gasteiger partial charge in [-0.15, -0.1) is 22.7 Å². The third-order valence-electron chi connectivity index (χ3n) is 2.07. The zero-order valence-corrected chi connectivity index (χ0v) is 12.2. The largest absolute Gasteiger partial charge is 0.352 e. The Morgan fingerprint density at radius 2 is 2.31 bits per heavy atom. The third-order valence-corrected chi connectivity index (χ3v) is 4.79. The Balaban J connectivity index is 1.80. The van der Waals surface area contributed by atoms with Crippen LogP contribution in [0.2, 0.25) is 0 Å². The van der Waals surface area contributed by atoms with E-state index in [1.807, 2.05) is 17.5 Å². The van der Waals surface area contributed by atoms with Crippen molar-refractivity contribution in [2.45, 2.75) is 6.42 Å². The SMILES string of the molecule is O=C(NCCc1cccs1)c1csc(I)c1. The van der Waals surface area contributed by atoms with Crippen molar-refractivity contribution in [2.75, 3.05) is 6.54 Å². The summed E-state index contributed by atoms with van der Waals surface area (Å²) in [5.74, 6) is 0.0238. The first-order valence-corrected chi connectivity index (χ1v) is 7.64. The third kappa shape index (κ3) is 3.29. The fourth-order valence-corrected chi connectivity index (χ4v) is 3.32. The Kier molecular flexibility index (Phi) is 4.37. The lowest BCUT2D eigenvalue weighted by atomic mass is 10.3. The maximum absolute atomic E-state index is 11.7. The zero-order chi connectivity index (χ0) is 11.4. The minimum atomic E-state index is 0.0238. The van der Waals surface area contributed by atoms with Crippen LogP contribution in [-0.4, -0.2) is 12.5 Å². The summed E-state index contributed by atoms with van der Waals surface area (Å²) in [5, 5.41) is 6.87. The Hall–Kier alpha value is -0.400. The molecule has 2 rings (SSSR count). The lowest BCUT2D eigenvalue weighted by Crippen LogP contribution is -2.24. The van der Waals surface area contributed by atoms with Crippen LogP contribution in [0.4, 0.5) is 0 Å². The standard InChI is InChI=1S/C11H10INOS2/c12-10-6-8(7-16-10)11(14)13-4-3-9-2-1-5-15-9/h1-2,5-7H,3-4H2,(H,13,14). The number of carbonyl (C=O) groups excluding carboxylic acids is 1. The van der Waals surface area contributed by atoms with E-state index in [1.54, 1.807) is 22.7 Å². The first kappa shape index (κ1) is 12.1. The van der Waals surface area contributed by atoms with Gasteiger partial charge in [0.05, 0.1) is 8.45 Å². The highest BCUT2D eigenvalue weighted by atomic mass is 127. The minimum Gasteiger partial charge on any atom is -0.352 e. The molecular weight excluding hydrogens is 353 g/mol. The maximum Gasteiger partial charge on any atom is 0.252 e. The lowest BCUT2D eigenvalue weighted by molar-refractivity contribution is 0.0954. The van der Waals surface area contributed by atoms with Crippen molar-refractivity contribution in [3.05, 3.63) is 42.3 Å². The number of thiophene rings is 2. The first-order valence-electron chi connectivity index (χ1n) is 4.80. The summed E-state index contributed by atoms with van der Waals surface area (Å²) in [6.07, 6.45) is 0.907. The molecular formula is C11H10INOS2. The van der Waals surface area contributed by atoms with Crippen molar-refractivity contribution >= 4 is 51.2 Å². The molecule has 0 fully saturated rings. The van der Waals surface area contributed by atoms with Gasteiger partial charge in [0.2, 0.25) is 0 Å². The number of halogens is 1. The molecule has 0 radical (unpaired) electrons. The number of carbonyl (C=O) groups is 1. The van der Waals surface area contributed by atoms with Crippen LogP contribution in [0, 0.1) is 2.88 Å². The van der Waals surface area contributed by atoms with Crippen molar-refractivity contribution in [3.8, 4) is 0 Å². The van der Waals surface area contributed by atoms with Crippen molar-refractivity contribution < 1.29 is 4.79 Å². The molecule has 2 nitrogen and oxygen atoms in total. The maximum atomic E-state index is 11.7. The second-order valence-corrected chi connectivity index (χ2v) is 7.06. The quantitative estimate of drug-likeness (QED) is 0.829. The molecule has 0 saturated carbocycles. The molecule has 2 heterocycles. The number of nitrogens with one attached hydrogen (secondary N) is 1. The zero-order valence-electron chi connectivity index (χ0n) is 8.40. The van der Waals surface area contributed by atoms with Gasteiger partial charge in [-0.05, 0) is 46.5 Å². The van der Waals surface area contributed by atoms with E-state index in [0.29, 0.717) is 6.54 Å². The number of hydrogen-bond acceptors (Lipinski definition) is 3. The van der Waals surface area contributed by atoms with Gasteiger partial charge >= 0.3 is 0 Å². The molecule has 0 spiro atoms. The average molecular weight is 363 g/mol. The molecule has 0 bridgehead atoms. The lowest BCUT2D eigenvalue weighted by Gasteiger charge is -2.01. The van der Waals surface area contributed by atoms with Crippen LogP contribution in [0.3, 0.4) is 0 Å². The van der Waals surface area contributed by atoms with E-state index in [1.165, 1.54) is 4.88 Å². The van der Waals surface area contributed by atoms with E-state index >= 15 is 0 Å². The Labute approximate surface area is 116 Å². The summed E-state index contributed by atoms with van der Waals surface area (Å²) in [6.45, 7) is 0.700. The molecule has 1 N–H and O–H groups in total. The van der Waals surface area contributed by atoms with Crippen molar-refractivity contribution in [1.82, 2.24) is 5.32 Å². The topological polar surface area (TPSA) is 29.1 Å². The van der Waals surface area contributed by atoms with Crippen LogP contribution in [0.5, 0.6) is 0 Å². The van der Waals surface area contributed by atoms with Gasteiger partial charge in [-0.2, -0.15) is 0 Å². The van der Waals surface area contributed by atoms with Gasteiger partial charge < -0.3 is 5.32 Å². The highest BCUT2D eigenvalue weighted by Gasteiger charge is 2.06. The van der Waals surface area contributed by atoms with Gasteiger partial charge in [-0.3, -0.25) is 4.79 Å². The Morgan fingerprint density at radius 3 is 2.94 bits per heavy atom. The number of amides is 1. The van der Waals surface area contributed by atoms with E-state index in [4.69, 9.17) is 0 Å². The average Bonchev–Trinajstić information content (AvgIpc) is 2.89. The van der Waals surface area contributed by atoms with Crippen LogP contribution in [0.1, 0.15) is 15.2 Å². The van der Waals surface area contributed by atoms with E-state index in [2.05, 4.69) is 39.4 Å². The van der Waals surface area contributed by atoms with Crippen LogP contribution in [-0.2, 0) is 6.42 Å². The predicted octanol–water partition coefficient (Wildman–Crippen LogP) is 3.39. The molecule has 0 saturated heterocycles. The molecule has 16 heavy (non-hydrogen) atoms. The molecule has 0 aliphatic heterocycles.